The lowest BCUT2D eigenvalue weighted by atomic mass is 10.0. The summed E-state index contributed by atoms with van der Waals surface area (Å²) >= 11 is 6.12. The SMILES string of the molecule is Cc1cccc(-c2cc(C=O)ccc2Cl)c1. The van der Waals surface area contributed by atoms with Gasteiger partial charge in [-0.1, -0.05) is 47.5 Å². The zero-order valence-corrected chi connectivity index (χ0v) is 9.66. The molecule has 0 heterocycles. The number of aryl methyl sites for hydroxylation is 1. The van der Waals surface area contributed by atoms with Crippen molar-refractivity contribution in [3.05, 3.63) is 58.6 Å². The van der Waals surface area contributed by atoms with Crippen molar-refractivity contribution in [2.45, 2.75) is 6.92 Å². The van der Waals surface area contributed by atoms with E-state index in [9.17, 15) is 4.79 Å². The third kappa shape index (κ3) is 2.15. The lowest BCUT2D eigenvalue weighted by Crippen LogP contribution is -1.85. The summed E-state index contributed by atoms with van der Waals surface area (Å²) in [5, 5.41) is 0.663. The second-order valence-electron chi connectivity index (χ2n) is 3.73. The van der Waals surface area contributed by atoms with E-state index >= 15 is 0 Å². The molecule has 2 aromatic rings. The first kappa shape index (κ1) is 10.9. The summed E-state index contributed by atoms with van der Waals surface area (Å²) < 4.78 is 0. The summed E-state index contributed by atoms with van der Waals surface area (Å²) in [4.78, 5) is 10.7. The number of aldehydes is 1. The topological polar surface area (TPSA) is 17.1 Å². The van der Waals surface area contributed by atoms with Gasteiger partial charge in [0, 0.05) is 16.1 Å². The molecule has 0 unspecified atom stereocenters. The van der Waals surface area contributed by atoms with E-state index in [1.165, 1.54) is 5.56 Å². The van der Waals surface area contributed by atoms with E-state index in [1.807, 2.05) is 31.2 Å². The summed E-state index contributed by atoms with van der Waals surface area (Å²) in [5.41, 5.74) is 3.75. The van der Waals surface area contributed by atoms with Crippen molar-refractivity contribution in [1.82, 2.24) is 0 Å². The van der Waals surface area contributed by atoms with Crippen molar-refractivity contribution < 1.29 is 4.79 Å². The van der Waals surface area contributed by atoms with Crippen LogP contribution in [-0.2, 0) is 0 Å². The molecule has 2 rings (SSSR count). The van der Waals surface area contributed by atoms with Crippen molar-refractivity contribution in [2.24, 2.45) is 0 Å². The van der Waals surface area contributed by atoms with E-state index in [2.05, 4.69) is 6.07 Å². The van der Waals surface area contributed by atoms with Gasteiger partial charge in [0.15, 0.2) is 0 Å². The molecule has 0 aromatic heterocycles. The fraction of sp³-hybridized carbons (Fsp3) is 0.0714. The summed E-state index contributed by atoms with van der Waals surface area (Å²) in [7, 11) is 0. The summed E-state index contributed by atoms with van der Waals surface area (Å²) in [6, 6.07) is 13.3. The van der Waals surface area contributed by atoms with Gasteiger partial charge in [0.1, 0.15) is 6.29 Å². The second kappa shape index (κ2) is 4.50. The van der Waals surface area contributed by atoms with Gasteiger partial charge in [0.2, 0.25) is 0 Å². The second-order valence-corrected chi connectivity index (χ2v) is 4.13. The monoisotopic (exact) mass is 230 g/mol. The molecular weight excluding hydrogens is 220 g/mol. The Morgan fingerprint density at radius 3 is 2.62 bits per heavy atom. The van der Waals surface area contributed by atoms with E-state index in [-0.39, 0.29) is 0 Å². The highest BCUT2D eigenvalue weighted by molar-refractivity contribution is 6.33. The van der Waals surface area contributed by atoms with Gasteiger partial charge in [0.25, 0.3) is 0 Å². The smallest absolute Gasteiger partial charge is 0.150 e. The molecule has 2 heteroatoms. The van der Waals surface area contributed by atoms with Crippen LogP contribution in [-0.4, -0.2) is 6.29 Å². The van der Waals surface area contributed by atoms with Crippen molar-refractivity contribution in [1.29, 1.82) is 0 Å². The minimum absolute atomic E-state index is 0.640. The molecule has 1 nitrogen and oxygen atoms in total. The third-order valence-electron chi connectivity index (χ3n) is 2.46. The molecule has 16 heavy (non-hydrogen) atoms. The highest BCUT2D eigenvalue weighted by Gasteiger charge is 2.04. The standard InChI is InChI=1S/C14H11ClO/c1-10-3-2-4-12(7-10)13-8-11(9-16)5-6-14(13)15/h2-9H,1H3. The van der Waals surface area contributed by atoms with Gasteiger partial charge in [-0.25, -0.2) is 0 Å². The predicted molar refractivity (Wildman–Crippen MR) is 67.0 cm³/mol. The van der Waals surface area contributed by atoms with Crippen LogP contribution in [0.3, 0.4) is 0 Å². The fourth-order valence-corrected chi connectivity index (χ4v) is 1.88. The van der Waals surface area contributed by atoms with E-state index in [0.717, 1.165) is 17.4 Å². The molecule has 0 N–H and O–H groups in total. The van der Waals surface area contributed by atoms with Gasteiger partial charge in [-0.3, -0.25) is 4.79 Å². The predicted octanol–water partition coefficient (Wildman–Crippen LogP) is 4.13. The van der Waals surface area contributed by atoms with Crippen LogP contribution < -0.4 is 0 Å². The maximum absolute atomic E-state index is 10.7. The molecule has 0 aliphatic rings. The maximum atomic E-state index is 10.7. The zero-order chi connectivity index (χ0) is 11.5. The number of carbonyl (C=O) groups excluding carboxylic acids is 1. The van der Waals surface area contributed by atoms with Gasteiger partial charge < -0.3 is 0 Å². The van der Waals surface area contributed by atoms with Crippen molar-refractivity contribution in [3.63, 3.8) is 0 Å². The van der Waals surface area contributed by atoms with Crippen LogP contribution in [0.25, 0.3) is 11.1 Å². The van der Waals surface area contributed by atoms with Crippen LogP contribution in [0.15, 0.2) is 42.5 Å². The molecule has 0 radical (unpaired) electrons. The Balaban J connectivity index is 2.58. The van der Waals surface area contributed by atoms with Gasteiger partial charge >= 0.3 is 0 Å². The van der Waals surface area contributed by atoms with Crippen LogP contribution in [0.2, 0.25) is 5.02 Å². The molecule has 0 aliphatic heterocycles. The van der Waals surface area contributed by atoms with Gasteiger partial charge in [0.05, 0.1) is 0 Å². The minimum Gasteiger partial charge on any atom is -0.298 e. The Bertz CT molecular complexity index is 532. The van der Waals surface area contributed by atoms with Crippen LogP contribution >= 0.6 is 11.6 Å². The highest BCUT2D eigenvalue weighted by atomic mass is 35.5. The molecule has 0 atom stereocenters. The average Bonchev–Trinajstić information content (AvgIpc) is 2.30. The fourth-order valence-electron chi connectivity index (χ4n) is 1.65. The Hall–Kier alpha value is -1.60. The lowest BCUT2D eigenvalue weighted by Gasteiger charge is -2.06. The van der Waals surface area contributed by atoms with Crippen molar-refractivity contribution >= 4 is 17.9 Å². The number of halogens is 1. The van der Waals surface area contributed by atoms with Crippen LogP contribution in [0.5, 0.6) is 0 Å². The van der Waals surface area contributed by atoms with Gasteiger partial charge in [-0.15, -0.1) is 0 Å². The normalized spacial score (nSPS) is 10.1. The van der Waals surface area contributed by atoms with Crippen LogP contribution in [0, 0.1) is 6.92 Å². The minimum atomic E-state index is 0.640. The lowest BCUT2D eigenvalue weighted by molar-refractivity contribution is 0.112. The molecule has 0 amide bonds. The van der Waals surface area contributed by atoms with E-state index < -0.39 is 0 Å². The number of benzene rings is 2. The Morgan fingerprint density at radius 1 is 1.12 bits per heavy atom. The summed E-state index contributed by atoms with van der Waals surface area (Å²) in [6.07, 6.45) is 0.829. The van der Waals surface area contributed by atoms with E-state index in [0.29, 0.717) is 10.6 Å². The van der Waals surface area contributed by atoms with Gasteiger partial charge in [-0.05, 0) is 24.6 Å². The Kier molecular flexibility index (Phi) is 3.07. The number of hydrogen-bond acceptors (Lipinski definition) is 1. The molecule has 0 saturated carbocycles. The first-order chi connectivity index (χ1) is 7.70. The molecule has 0 bridgehead atoms. The Labute approximate surface area is 99.7 Å². The van der Waals surface area contributed by atoms with Crippen molar-refractivity contribution in [3.8, 4) is 11.1 Å². The number of rotatable bonds is 2. The first-order valence-corrected chi connectivity index (χ1v) is 5.40. The third-order valence-corrected chi connectivity index (χ3v) is 2.79. The quantitative estimate of drug-likeness (QED) is 0.709. The molecule has 0 saturated heterocycles. The van der Waals surface area contributed by atoms with Crippen molar-refractivity contribution in [2.75, 3.05) is 0 Å². The molecule has 0 spiro atoms. The zero-order valence-electron chi connectivity index (χ0n) is 8.91. The van der Waals surface area contributed by atoms with Crippen LogP contribution in [0.1, 0.15) is 15.9 Å². The maximum Gasteiger partial charge on any atom is 0.150 e. The van der Waals surface area contributed by atoms with Gasteiger partial charge in [-0.2, -0.15) is 0 Å². The molecule has 80 valence electrons. The molecule has 2 aromatic carbocycles. The largest absolute Gasteiger partial charge is 0.298 e. The highest BCUT2D eigenvalue weighted by Crippen LogP contribution is 2.28. The number of carbonyl (C=O) groups is 1. The first-order valence-electron chi connectivity index (χ1n) is 5.02. The molecule has 0 aliphatic carbocycles. The van der Waals surface area contributed by atoms with E-state index in [1.54, 1.807) is 12.1 Å². The average molecular weight is 231 g/mol. The molecular formula is C14H11ClO. The Morgan fingerprint density at radius 2 is 1.94 bits per heavy atom. The van der Waals surface area contributed by atoms with Crippen LogP contribution in [0.4, 0.5) is 0 Å². The molecule has 0 fully saturated rings. The number of hydrogen-bond donors (Lipinski definition) is 0. The summed E-state index contributed by atoms with van der Waals surface area (Å²) in [5.74, 6) is 0. The summed E-state index contributed by atoms with van der Waals surface area (Å²) in [6.45, 7) is 2.03. The van der Waals surface area contributed by atoms with E-state index in [4.69, 9.17) is 11.6 Å².